The normalized spacial score (nSPS) is 12.8. The summed E-state index contributed by atoms with van der Waals surface area (Å²) in [7, 11) is 0. The van der Waals surface area contributed by atoms with Gasteiger partial charge in [-0.15, -0.1) is 0 Å². The van der Waals surface area contributed by atoms with Crippen molar-refractivity contribution in [3.8, 4) is 0 Å². The van der Waals surface area contributed by atoms with Crippen LogP contribution in [0.25, 0.3) is 0 Å². The van der Waals surface area contributed by atoms with Crippen LogP contribution in [0.1, 0.15) is 31.9 Å². The lowest BCUT2D eigenvalue weighted by molar-refractivity contribution is -0.127. The summed E-state index contributed by atoms with van der Waals surface area (Å²) in [4.78, 5) is 24.9. The molecule has 0 aliphatic carbocycles. The van der Waals surface area contributed by atoms with Crippen molar-refractivity contribution in [1.82, 2.24) is 10.6 Å². The van der Waals surface area contributed by atoms with Gasteiger partial charge in [-0.2, -0.15) is 0 Å². The zero-order chi connectivity index (χ0) is 21.9. The first-order valence-electron chi connectivity index (χ1n) is 10.00. The van der Waals surface area contributed by atoms with Gasteiger partial charge in [0.1, 0.15) is 6.04 Å². The maximum Gasteiger partial charge on any atom is 0.408 e. The number of benzene rings is 2. The van der Waals surface area contributed by atoms with Gasteiger partial charge in [0.25, 0.3) is 0 Å². The van der Waals surface area contributed by atoms with Crippen molar-refractivity contribution in [2.24, 2.45) is 0 Å². The topological polar surface area (TPSA) is 76.7 Å². The molecule has 162 valence electrons. The first kappa shape index (κ1) is 23.7. The number of halogens is 1. The summed E-state index contributed by atoms with van der Waals surface area (Å²) in [5.74, 6) is -0.328. The van der Waals surface area contributed by atoms with Crippen LogP contribution in [0.5, 0.6) is 0 Å². The van der Waals surface area contributed by atoms with Crippen LogP contribution in [0.4, 0.5) is 4.79 Å². The number of hydrogen-bond donors (Lipinski definition) is 2. The molecule has 2 aromatic carbocycles. The molecule has 0 unspecified atom stereocenters. The highest BCUT2D eigenvalue weighted by Gasteiger charge is 2.28. The molecular weight excluding hydrogens is 404 g/mol. The summed E-state index contributed by atoms with van der Waals surface area (Å²) < 4.78 is 11.0. The van der Waals surface area contributed by atoms with E-state index in [1.54, 1.807) is 20.8 Å². The van der Waals surface area contributed by atoms with E-state index >= 15 is 0 Å². The van der Waals surface area contributed by atoms with E-state index in [4.69, 9.17) is 21.1 Å². The monoisotopic (exact) mass is 432 g/mol. The predicted octanol–water partition coefficient (Wildman–Crippen LogP) is 4.11. The number of hydrogen-bond acceptors (Lipinski definition) is 4. The largest absolute Gasteiger partial charge is 0.447 e. The zero-order valence-electron chi connectivity index (χ0n) is 17.6. The minimum atomic E-state index is -0.884. The second-order valence-corrected chi connectivity index (χ2v) is 7.68. The Morgan fingerprint density at radius 2 is 1.63 bits per heavy atom. The van der Waals surface area contributed by atoms with Crippen molar-refractivity contribution >= 4 is 23.6 Å². The molecule has 0 fully saturated rings. The molecule has 0 spiro atoms. The molecule has 7 heteroatoms. The fraction of sp³-hybridized carbons (Fsp3) is 0.391. The van der Waals surface area contributed by atoms with Gasteiger partial charge in [-0.1, -0.05) is 54.1 Å². The summed E-state index contributed by atoms with van der Waals surface area (Å²) in [6.07, 6.45) is -0.858. The van der Waals surface area contributed by atoms with Crippen LogP contribution < -0.4 is 10.6 Å². The van der Waals surface area contributed by atoms with Crippen molar-refractivity contribution in [2.75, 3.05) is 6.54 Å². The molecule has 0 aliphatic heterocycles. The molecule has 0 radical (unpaired) electrons. The molecule has 2 N–H and O–H groups in total. The number of rotatable bonds is 10. The maximum absolute atomic E-state index is 12.8. The molecule has 2 atom stereocenters. The Labute approximate surface area is 182 Å². The quantitative estimate of drug-likeness (QED) is 0.592. The highest BCUT2D eigenvalue weighted by Crippen LogP contribution is 2.10. The number of alkyl carbamates (subject to hydrolysis) is 1. The highest BCUT2D eigenvalue weighted by atomic mass is 35.5. The summed E-state index contributed by atoms with van der Waals surface area (Å²) in [6.45, 7) is 6.00. The maximum atomic E-state index is 12.8. The number of ether oxygens (including phenoxy) is 2. The Morgan fingerprint density at radius 1 is 0.967 bits per heavy atom. The van der Waals surface area contributed by atoms with Crippen molar-refractivity contribution in [1.29, 1.82) is 0 Å². The molecule has 0 heterocycles. The van der Waals surface area contributed by atoms with E-state index in [9.17, 15) is 9.59 Å². The molecular formula is C23H29ClN2O4. The predicted molar refractivity (Wildman–Crippen MR) is 117 cm³/mol. The van der Waals surface area contributed by atoms with Crippen LogP contribution in [0.2, 0.25) is 5.02 Å². The van der Waals surface area contributed by atoms with Crippen LogP contribution in [-0.2, 0) is 27.3 Å². The van der Waals surface area contributed by atoms with Crippen molar-refractivity contribution < 1.29 is 19.1 Å². The van der Waals surface area contributed by atoms with E-state index in [0.29, 0.717) is 24.6 Å². The minimum absolute atomic E-state index is 0.292. The van der Waals surface area contributed by atoms with Gasteiger partial charge in [-0.25, -0.2) is 4.79 Å². The van der Waals surface area contributed by atoms with E-state index in [0.717, 1.165) is 11.1 Å². The summed E-state index contributed by atoms with van der Waals surface area (Å²) in [6, 6.07) is 16.2. The van der Waals surface area contributed by atoms with E-state index in [2.05, 4.69) is 10.6 Å². The molecule has 0 aromatic heterocycles. The zero-order valence-corrected chi connectivity index (χ0v) is 18.3. The number of amides is 2. The Kier molecular flexibility index (Phi) is 9.64. The lowest BCUT2D eigenvalue weighted by atomic mass is 10.1. The van der Waals surface area contributed by atoms with Crippen LogP contribution in [0.15, 0.2) is 54.6 Å². The Hall–Kier alpha value is -2.57. The molecule has 0 aliphatic rings. The average molecular weight is 433 g/mol. The molecule has 2 amide bonds. The molecule has 30 heavy (non-hydrogen) atoms. The van der Waals surface area contributed by atoms with Crippen molar-refractivity contribution in [2.45, 2.75) is 52.0 Å². The van der Waals surface area contributed by atoms with Crippen LogP contribution >= 0.6 is 11.6 Å². The van der Waals surface area contributed by atoms with Gasteiger partial charge >= 0.3 is 6.09 Å². The second kappa shape index (κ2) is 12.2. The third-order valence-electron chi connectivity index (χ3n) is 4.35. The first-order chi connectivity index (χ1) is 14.3. The molecule has 0 bridgehead atoms. The van der Waals surface area contributed by atoms with E-state index in [1.807, 2.05) is 54.6 Å². The smallest absolute Gasteiger partial charge is 0.408 e. The van der Waals surface area contributed by atoms with E-state index in [-0.39, 0.29) is 12.0 Å². The van der Waals surface area contributed by atoms with Crippen molar-refractivity contribution in [3.05, 3.63) is 70.7 Å². The molecule has 6 nitrogen and oxygen atoms in total. The van der Waals surface area contributed by atoms with Gasteiger partial charge in [0.15, 0.2) is 0 Å². The summed E-state index contributed by atoms with van der Waals surface area (Å²) >= 11 is 5.90. The number of carbonyl (C=O) groups is 2. The standard InChI is InChI=1S/C23H29ClN2O4/c1-16(2)30-23(28)26-21(17(3)29-15-19-7-5-4-6-8-19)22(27)25-14-13-18-9-11-20(24)12-10-18/h4-12,16-17,21H,13-15H2,1-3H3,(H,25,27)(H,26,28)/t17-,21+/m1/s1. The third-order valence-corrected chi connectivity index (χ3v) is 4.60. The molecule has 0 saturated heterocycles. The first-order valence-corrected chi connectivity index (χ1v) is 10.4. The highest BCUT2D eigenvalue weighted by molar-refractivity contribution is 6.30. The van der Waals surface area contributed by atoms with Gasteiger partial charge in [-0.05, 0) is 50.5 Å². The number of carbonyl (C=O) groups excluding carboxylic acids is 2. The van der Waals surface area contributed by atoms with E-state index in [1.165, 1.54) is 0 Å². The third kappa shape index (κ3) is 8.43. The average Bonchev–Trinajstić information content (AvgIpc) is 2.72. The van der Waals surface area contributed by atoms with Crippen LogP contribution in [-0.4, -0.2) is 36.8 Å². The SMILES string of the molecule is CC(C)OC(=O)N[C@H](C(=O)NCCc1ccc(Cl)cc1)[C@@H](C)OCc1ccccc1. The summed E-state index contributed by atoms with van der Waals surface area (Å²) in [5.41, 5.74) is 2.04. The number of nitrogens with one attached hydrogen (secondary N) is 2. The summed E-state index contributed by atoms with van der Waals surface area (Å²) in [5, 5.41) is 6.15. The van der Waals surface area contributed by atoms with E-state index < -0.39 is 18.2 Å². The van der Waals surface area contributed by atoms with Gasteiger partial charge in [0.2, 0.25) is 5.91 Å². The Morgan fingerprint density at radius 3 is 2.27 bits per heavy atom. The van der Waals surface area contributed by atoms with Gasteiger partial charge in [0.05, 0.1) is 18.8 Å². The van der Waals surface area contributed by atoms with Gasteiger partial charge < -0.3 is 20.1 Å². The molecule has 2 aromatic rings. The fourth-order valence-corrected chi connectivity index (χ4v) is 2.89. The lowest BCUT2D eigenvalue weighted by Gasteiger charge is -2.25. The van der Waals surface area contributed by atoms with Crippen LogP contribution in [0.3, 0.4) is 0 Å². The fourth-order valence-electron chi connectivity index (χ4n) is 2.76. The second-order valence-electron chi connectivity index (χ2n) is 7.25. The van der Waals surface area contributed by atoms with Gasteiger partial charge in [-0.3, -0.25) is 4.79 Å². The van der Waals surface area contributed by atoms with Crippen LogP contribution in [0, 0.1) is 0 Å². The Bertz CT molecular complexity index is 797. The lowest BCUT2D eigenvalue weighted by Crippen LogP contribution is -2.53. The minimum Gasteiger partial charge on any atom is -0.447 e. The molecule has 0 saturated carbocycles. The van der Waals surface area contributed by atoms with Crippen molar-refractivity contribution in [3.63, 3.8) is 0 Å². The molecule has 2 rings (SSSR count). The van der Waals surface area contributed by atoms with Gasteiger partial charge in [0, 0.05) is 11.6 Å². The Balaban J connectivity index is 1.94.